The second-order valence-electron chi connectivity index (χ2n) is 6.41. The Labute approximate surface area is 157 Å². The zero-order valence-electron chi connectivity index (χ0n) is 14.7. The summed E-state index contributed by atoms with van der Waals surface area (Å²) >= 11 is 1.56. The topological polar surface area (TPSA) is 91.4 Å². The highest BCUT2D eigenvalue weighted by Gasteiger charge is 2.28. The van der Waals surface area contributed by atoms with Crippen LogP contribution in [0, 0.1) is 12.8 Å². The summed E-state index contributed by atoms with van der Waals surface area (Å²) in [5.41, 5.74) is 2.40. The standard InChI is InChI=1S/C17H22N4O3S2/c1-12-19-16(11-25-12)14-5-3-4-6-15(14)20-17(22)18-9-13-7-8-21(10-13)26(2,23)24/h3-6,11,13H,7-10H2,1-2H3,(H2,18,20,22). The van der Waals surface area contributed by atoms with Crippen molar-refractivity contribution in [2.75, 3.05) is 31.2 Å². The Kier molecular flexibility index (Phi) is 5.59. The van der Waals surface area contributed by atoms with Crippen molar-refractivity contribution in [1.82, 2.24) is 14.6 Å². The Hall–Kier alpha value is -1.97. The van der Waals surface area contributed by atoms with Crippen molar-refractivity contribution in [1.29, 1.82) is 0 Å². The summed E-state index contributed by atoms with van der Waals surface area (Å²) in [4.78, 5) is 16.7. The van der Waals surface area contributed by atoms with E-state index in [9.17, 15) is 13.2 Å². The maximum absolute atomic E-state index is 12.3. The molecular formula is C17H22N4O3S2. The van der Waals surface area contributed by atoms with Gasteiger partial charge in [0.05, 0.1) is 22.6 Å². The zero-order valence-corrected chi connectivity index (χ0v) is 16.4. The molecule has 0 spiro atoms. The van der Waals surface area contributed by atoms with E-state index < -0.39 is 10.0 Å². The Morgan fingerprint density at radius 3 is 2.81 bits per heavy atom. The number of aromatic nitrogens is 1. The molecule has 0 saturated carbocycles. The molecule has 0 bridgehead atoms. The zero-order chi connectivity index (χ0) is 18.7. The van der Waals surface area contributed by atoms with E-state index in [1.165, 1.54) is 10.6 Å². The van der Waals surface area contributed by atoms with Gasteiger partial charge in [0.25, 0.3) is 0 Å². The highest BCUT2D eigenvalue weighted by molar-refractivity contribution is 7.88. The van der Waals surface area contributed by atoms with Gasteiger partial charge in [-0.3, -0.25) is 0 Å². The van der Waals surface area contributed by atoms with E-state index in [1.54, 1.807) is 11.3 Å². The third kappa shape index (κ3) is 4.60. The monoisotopic (exact) mass is 394 g/mol. The van der Waals surface area contributed by atoms with Gasteiger partial charge in [0, 0.05) is 30.6 Å². The van der Waals surface area contributed by atoms with Gasteiger partial charge in [0.15, 0.2) is 0 Å². The molecule has 2 N–H and O–H groups in total. The summed E-state index contributed by atoms with van der Waals surface area (Å²) < 4.78 is 24.6. The third-order valence-corrected chi connectivity index (χ3v) is 6.38. The molecule has 1 saturated heterocycles. The minimum Gasteiger partial charge on any atom is -0.338 e. The van der Waals surface area contributed by atoms with Crippen molar-refractivity contribution in [3.8, 4) is 11.3 Å². The number of para-hydroxylation sites is 1. The molecule has 0 aliphatic carbocycles. The van der Waals surface area contributed by atoms with Gasteiger partial charge >= 0.3 is 6.03 Å². The first-order valence-electron chi connectivity index (χ1n) is 8.34. The van der Waals surface area contributed by atoms with E-state index >= 15 is 0 Å². The number of rotatable bonds is 5. The van der Waals surface area contributed by atoms with Crippen LogP contribution >= 0.6 is 11.3 Å². The Balaban J connectivity index is 1.58. The molecule has 1 unspecified atom stereocenters. The number of hydrogen-bond acceptors (Lipinski definition) is 5. The second kappa shape index (κ2) is 7.73. The molecule has 1 atom stereocenters. The molecule has 2 heterocycles. The van der Waals surface area contributed by atoms with Crippen LogP contribution in [0.3, 0.4) is 0 Å². The number of hydrogen-bond donors (Lipinski definition) is 2. The lowest BCUT2D eigenvalue weighted by Gasteiger charge is -2.15. The number of urea groups is 1. The van der Waals surface area contributed by atoms with Crippen molar-refractivity contribution in [3.63, 3.8) is 0 Å². The van der Waals surface area contributed by atoms with Gasteiger partial charge in [-0.25, -0.2) is 22.5 Å². The van der Waals surface area contributed by atoms with Gasteiger partial charge < -0.3 is 10.6 Å². The molecule has 3 rings (SSSR count). The first-order valence-corrected chi connectivity index (χ1v) is 11.1. The van der Waals surface area contributed by atoms with Crippen LogP contribution in [0.5, 0.6) is 0 Å². The van der Waals surface area contributed by atoms with Crippen LogP contribution in [0.15, 0.2) is 29.6 Å². The molecule has 140 valence electrons. The smallest absolute Gasteiger partial charge is 0.319 e. The number of nitrogens with one attached hydrogen (secondary N) is 2. The van der Waals surface area contributed by atoms with Crippen LogP contribution in [0.2, 0.25) is 0 Å². The quantitative estimate of drug-likeness (QED) is 0.815. The van der Waals surface area contributed by atoms with Gasteiger partial charge in [-0.05, 0) is 25.3 Å². The Bertz CT molecular complexity index is 895. The maximum Gasteiger partial charge on any atom is 0.319 e. The lowest BCUT2D eigenvalue weighted by molar-refractivity contribution is 0.250. The molecule has 1 aromatic carbocycles. The van der Waals surface area contributed by atoms with Crippen LogP contribution < -0.4 is 10.6 Å². The molecular weight excluding hydrogens is 372 g/mol. The first-order chi connectivity index (χ1) is 12.3. The number of nitrogens with zero attached hydrogens (tertiary/aromatic N) is 2. The average molecular weight is 395 g/mol. The summed E-state index contributed by atoms with van der Waals surface area (Å²) in [5.74, 6) is 0.131. The molecule has 1 fully saturated rings. The average Bonchev–Trinajstić information content (AvgIpc) is 3.22. The van der Waals surface area contributed by atoms with Gasteiger partial charge in [-0.15, -0.1) is 11.3 Å². The fourth-order valence-corrected chi connectivity index (χ4v) is 4.50. The van der Waals surface area contributed by atoms with Crippen molar-refractivity contribution in [2.24, 2.45) is 5.92 Å². The predicted octanol–water partition coefficient (Wildman–Crippen LogP) is 2.52. The molecule has 2 aromatic rings. The van der Waals surface area contributed by atoms with Crippen molar-refractivity contribution in [3.05, 3.63) is 34.7 Å². The van der Waals surface area contributed by atoms with Crippen LogP contribution in [0.1, 0.15) is 11.4 Å². The van der Waals surface area contributed by atoms with E-state index in [-0.39, 0.29) is 11.9 Å². The van der Waals surface area contributed by atoms with E-state index in [1.807, 2.05) is 36.6 Å². The number of carbonyl (C=O) groups excluding carboxylic acids is 1. The summed E-state index contributed by atoms with van der Waals surface area (Å²) in [6, 6.07) is 7.22. The number of carbonyl (C=O) groups is 1. The maximum atomic E-state index is 12.3. The van der Waals surface area contributed by atoms with Crippen molar-refractivity contribution >= 4 is 33.1 Å². The number of aryl methyl sites for hydroxylation is 1. The predicted molar refractivity (Wildman–Crippen MR) is 104 cm³/mol. The van der Waals surface area contributed by atoms with Gasteiger partial charge in [0.1, 0.15) is 0 Å². The summed E-state index contributed by atoms with van der Waals surface area (Å²) in [7, 11) is -3.16. The van der Waals surface area contributed by atoms with Crippen molar-refractivity contribution < 1.29 is 13.2 Å². The summed E-state index contributed by atoms with van der Waals surface area (Å²) in [6.45, 7) is 3.35. The summed E-state index contributed by atoms with van der Waals surface area (Å²) in [6.07, 6.45) is 1.97. The molecule has 1 aliphatic rings. The Morgan fingerprint density at radius 2 is 2.15 bits per heavy atom. The number of anilines is 1. The number of sulfonamides is 1. The number of thiazole rings is 1. The fraction of sp³-hybridized carbons (Fsp3) is 0.412. The minimum absolute atomic E-state index is 0.131. The van der Waals surface area contributed by atoms with E-state index in [0.717, 1.165) is 22.7 Å². The second-order valence-corrected chi connectivity index (χ2v) is 9.45. The van der Waals surface area contributed by atoms with E-state index in [4.69, 9.17) is 0 Å². The molecule has 9 heteroatoms. The highest BCUT2D eigenvalue weighted by Crippen LogP contribution is 2.28. The van der Waals surface area contributed by atoms with Crippen molar-refractivity contribution in [2.45, 2.75) is 13.3 Å². The lowest BCUT2D eigenvalue weighted by atomic mass is 10.1. The SMILES string of the molecule is Cc1nc(-c2ccccc2NC(=O)NCC2CCN(S(C)(=O)=O)C2)cs1. The molecule has 7 nitrogen and oxygen atoms in total. The van der Waals surface area contributed by atoms with E-state index in [0.29, 0.717) is 25.3 Å². The van der Waals surface area contributed by atoms with E-state index in [2.05, 4.69) is 15.6 Å². The van der Waals surface area contributed by atoms with Gasteiger partial charge in [0.2, 0.25) is 10.0 Å². The normalized spacial score (nSPS) is 18.0. The molecule has 1 aromatic heterocycles. The molecule has 2 amide bonds. The van der Waals surface area contributed by atoms with Gasteiger partial charge in [-0.1, -0.05) is 18.2 Å². The number of benzene rings is 1. The summed E-state index contributed by atoms with van der Waals surface area (Å²) in [5, 5.41) is 8.64. The number of amides is 2. The molecule has 26 heavy (non-hydrogen) atoms. The van der Waals surface area contributed by atoms with Crippen LogP contribution in [0.25, 0.3) is 11.3 Å². The first kappa shape index (κ1) is 18.8. The fourth-order valence-electron chi connectivity index (χ4n) is 2.97. The Morgan fingerprint density at radius 1 is 1.38 bits per heavy atom. The van der Waals surface area contributed by atoms with Crippen LogP contribution in [-0.2, 0) is 10.0 Å². The molecule has 0 radical (unpaired) electrons. The lowest BCUT2D eigenvalue weighted by Crippen LogP contribution is -2.35. The largest absolute Gasteiger partial charge is 0.338 e. The van der Waals surface area contributed by atoms with Crippen LogP contribution in [0.4, 0.5) is 10.5 Å². The van der Waals surface area contributed by atoms with Crippen LogP contribution in [-0.4, -0.2) is 49.6 Å². The molecule has 1 aliphatic heterocycles. The highest BCUT2D eigenvalue weighted by atomic mass is 32.2. The minimum atomic E-state index is -3.16. The third-order valence-electron chi connectivity index (χ3n) is 4.34. The van der Waals surface area contributed by atoms with Gasteiger partial charge in [-0.2, -0.15) is 0 Å².